The number of hydrogen-bond acceptors (Lipinski definition) is 2. The summed E-state index contributed by atoms with van der Waals surface area (Å²) in [6.07, 6.45) is 3.72. The highest BCUT2D eigenvalue weighted by molar-refractivity contribution is 6.05. The summed E-state index contributed by atoms with van der Waals surface area (Å²) in [6, 6.07) is 51.9. The van der Waals surface area contributed by atoms with Gasteiger partial charge in [-0.15, -0.1) is 0 Å². The van der Waals surface area contributed by atoms with E-state index in [0.717, 1.165) is 48.2 Å². The molecule has 0 unspecified atom stereocenters. The predicted molar refractivity (Wildman–Crippen MR) is 188 cm³/mol. The molecule has 0 fully saturated rings. The highest BCUT2D eigenvalue weighted by Gasteiger charge is 2.10. The number of aryl methyl sites for hydroxylation is 4. The summed E-state index contributed by atoms with van der Waals surface area (Å²) in [5.74, 6) is -0.300. The zero-order valence-electron chi connectivity index (χ0n) is 25.7. The van der Waals surface area contributed by atoms with Crippen LogP contribution in [-0.4, -0.2) is 11.8 Å². The van der Waals surface area contributed by atoms with E-state index in [1.54, 1.807) is 0 Å². The maximum Gasteiger partial charge on any atom is 0.255 e. The van der Waals surface area contributed by atoms with Crippen molar-refractivity contribution in [2.45, 2.75) is 25.7 Å². The topological polar surface area (TPSA) is 58.2 Å². The highest BCUT2D eigenvalue weighted by atomic mass is 16.2. The summed E-state index contributed by atoms with van der Waals surface area (Å²) in [4.78, 5) is 26.0. The molecular formula is C42H36N2O2. The maximum atomic E-state index is 13.0. The largest absolute Gasteiger partial charge is 0.322 e. The minimum atomic E-state index is -0.150. The highest BCUT2D eigenvalue weighted by Crippen LogP contribution is 2.22. The minimum absolute atomic E-state index is 0.150. The van der Waals surface area contributed by atoms with Crippen LogP contribution in [0.25, 0.3) is 11.1 Å². The summed E-state index contributed by atoms with van der Waals surface area (Å²) >= 11 is 0. The monoisotopic (exact) mass is 600 g/mol. The first-order valence-corrected chi connectivity index (χ1v) is 15.7. The van der Waals surface area contributed by atoms with Gasteiger partial charge in [-0.25, -0.2) is 0 Å². The van der Waals surface area contributed by atoms with Crippen LogP contribution in [0.4, 0.5) is 11.4 Å². The lowest BCUT2D eigenvalue weighted by Gasteiger charge is -2.10. The van der Waals surface area contributed by atoms with Gasteiger partial charge in [-0.1, -0.05) is 109 Å². The molecule has 0 saturated heterocycles. The fraction of sp³-hybridized carbons (Fsp3) is 0.0952. The third-order valence-electron chi connectivity index (χ3n) is 8.09. The minimum Gasteiger partial charge on any atom is -0.322 e. The number of hydrogen-bond donors (Lipinski definition) is 2. The Morgan fingerprint density at radius 2 is 0.717 bits per heavy atom. The molecule has 0 aromatic heterocycles. The number of carbonyl (C=O) groups excluding carboxylic acids is 2. The molecule has 0 bridgehead atoms. The zero-order valence-corrected chi connectivity index (χ0v) is 25.7. The lowest BCUT2D eigenvalue weighted by Crippen LogP contribution is -2.12. The van der Waals surface area contributed by atoms with Crippen LogP contribution >= 0.6 is 0 Å². The Labute approximate surface area is 270 Å². The van der Waals surface area contributed by atoms with Crippen molar-refractivity contribution in [3.63, 3.8) is 0 Å². The van der Waals surface area contributed by atoms with Gasteiger partial charge in [0.15, 0.2) is 0 Å². The molecule has 6 aromatic rings. The lowest BCUT2D eigenvalue weighted by molar-refractivity contribution is 0.101. The molecule has 0 aliphatic carbocycles. The van der Waals surface area contributed by atoms with Gasteiger partial charge in [-0.2, -0.15) is 0 Å². The van der Waals surface area contributed by atoms with Gasteiger partial charge in [0.2, 0.25) is 0 Å². The first-order valence-electron chi connectivity index (χ1n) is 15.7. The normalized spacial score (nSPS) is 10.7. The number of nitrogens with one attached hydrogen (secondary N) is 2. The summed E-state index contributed by atoms with van der Waals surface area (Å²) in [5.41, 5.74) is 9.63. The van der Waals surface area contributed by atoms with Gasteiger partial charge in [0.05, 0.1) is 0 Å². The van der Waals surface area contributed by atoms with Crippen LogP contribution in [0.5, 0.6) is 0 Å². The van der Waals surface area contributed by atoms with Gasteiger partial charge in [0, 0.05) is 22.5 Å². The van der Waals surface area contributed by atoms with Crippen molar-refractivity contribution in [3.8, 4) is 11.1 Å². The predicted octanol–water partition coefficient (Wildman–Crippen LogP) is 9.43. The van der Waals surface area contributed by atoms with E-state index in [4.69, 9.17) is 0 Å². The molecule has 0 aliphatic heterocycles. The van der Waals surface area contributed by atoms with Gasteiger partial charge in [0.1, 0.15) is 0 Å². The van der Waals surface area contributed by atoms with E-state index in [2.05, 4.69) is 71.3 Å². The first kappa shape index (κ1) is 30.3. The molecule has 0 heterocycles. The molecule has 4 nitrogen and oxygen atoms in total. The molecule has 6 aromatic carbocycles. The second-order valence-electron chi connectivity index (χ2n) is 11.4. The third-order valence-corrected chi connectivity index (χ3v) is 8.09. The summed E-state index contributed by atoms with van der Waals surface area (Å²) in [5, 5.41) is 6.06. The van der Waals surface area contributed by atoms with Crippen LogP contribution in [0, 0.1) is 0 Å². The van der Waals surface area contributed by atoms with Gasteiger partial charge in [0.25, 0.3) is 11.8 Å². The van der Waals surface area contributed by atoms with E-state index in [1.165, 1.54) is 22.3 Å². The SMILES string of the molecule is O=C(Nc1cccc(CCc2ccccc2)c1)c1ccc(-c2ccc(C(=O)Nc3cccc(CCc4ccccc4)c3)cc2)cc1. The van der Waals surface area contributed by atoms with Gasteiger partial charge < -0.3 is 10.6 Å². The molecule has 226 valence electrons. The van der Waals surface area contributed by atoms with Crippen molar-refractivity contribution in [3.05, 3.63) is 191 Å². The third kappa shape index (κ3) is 8.25. The molecule has 0 saturated carbocycles. The van der Waals surface area contributed by atoms with Crippen molar-refractivity contribution in [2.24, 2.45) is 0 Å². The van der Waals surface area contributed by atoms with E-state index in [1.807, 2.05) is 97.1 Å². The molecule has 6 rings (SSSR count). The van der Waals surface area contributed by atoms with Crippen molar-refractivity contribution in [1.82, 2.24) is 0 Å². The van der Waals surface area contributed by atoms with Crippen molar-refractivity contribution in [1.29, 1.82) is 0 Å². The number of benzene rings is 6. The lowest BCUT2D eigenvalue weighted by atomic mass is 10.0. The van der Waals surface area contributed by atoms with Crippen LogP contribution in [0.3, 0.4) is 0 Å². The fourth-order valence-electron chi connectivity index (χ4n) is 5.51. The smallest absolute Gasteiger partial charge is 0.255 e. The quantitative estimate of drug-likeness (QED) is 0.156. The average molecular weight is 601 g/mol. The Hall–Kier alpha value is -5.74. The number of amides is 2. The molecule has 2 N–H and O–H groups in total. The Bertz CT molecular complexity index is 1760. The van der Waals surface area contributed by atoms with Crippen LogP contribution in [-0.2, 0) is 25.7 Å². The Kier molecular flexibility index (Phi) is 9.76. The molecule has 0 aliphatic rings. The van der Waals surface area contributed by atoms with Crippen molar-refractivity contribution >= 4 is 23.2 Å². The molecule has 0 radical (unpaired) electrons. The second kappa shape index (κ2) is 14.8. The molecule has 2 amide bonds. The fourth-order valence-corrected chi connectivity index (χ4v) is 5.51. The molecule has 0 spiro atoms. The van der Waals surface area contributed by atoms with Gasteiger partial charge in [-0.05, 0) is 108 Å². The Morgan fingerprint density at radius 3 is 1.11 bits per heavy atom. The van der Waals surface area contributed by atoms with Gasteiger partial charge >= 0.3 is 0 Å². The van der Waals surface area contributed by atoms with E-state index in [0.29, 0.717) is 11.1 Å². The van der Waals surface area contributed by atoms with Gasteiger partial charge in [-0.3, -0.25) is 9.59 Å². The number of anilines is 2. The number of rotatable bonds is 11. The number of carbonyl (C=O) groups is 2. The van der Waals surface area contributed by atoms with E-state index < -0.39 is 0 Å². The Morgan fingerprint density at radius 1 is 0.370 bits per heavy atom. The molecule has 0 atom stereocenters. The zero-order chi connectivity index (χ0) is 31.6. The standard InChI is InChI=1S/C42H36N2O2/c45-41(43-39-15-7-13-33(29-39)19-17-31-9-3-1-4-10-31)37-25-21-35(22-26-37)36-23-27-38(28-24-36)42(46)44-40-16-8-14-34(30-40)20-18-32-11-5-2-6-12-32/h1-16,21-30H,17-20H2,(H,43,45)(H,44,46). The summed E-state index contributed by atoms with van der Waals surface area (Å²) in [7, 11) is 0. The van der Waals surface area contributed by atoms with Crippen LogP contribution < -0.4 is 10.6 Å². The molecule has 46 heavy (non-hydrogen) atoms. The first-order chi connectivity index (χ1) is 22.6. The second-order valence-corrected chi connectivity index (χ2v) is 11.4. The Balaban J connectivity index is 1.03. The van der Waals surface area contributed by atoms with E-state index in [9.17, 15) is 9.59 Å². The van der Waals surface area contributed by atoms with Crippen LogP contribution in [0.15, 0.2) is 158 Å². The van der Waals surface area contributed by atoms with Crippen molar-refractivity contribution in [2.75, 3.05) is 10.6 Å². The van der Waals surface area contributed by atoms with Crippen molar-refractivity contribution < 1.29 is 9.59 Å². The molecule has 4 heteroatoms. The maximum absolute atomic E-state index is 13.0. The molecular weight excluding hydrogens is 564 g/mol. The average Bonchev–Trinajstić information content (AvgIpc) is 3.11. The van der Waals surface area contributed by atoms with E-state index in [-0.39, 0.29) is 11.8 Å². The van der Waals surface area contributed by atoms with Crippen LogP contribution in [0.2, 0.25) is 0 Å². The summed E-state index contributed by atoms with van der Waals surface area (Å²) < 4.78 is 0. The summed E-state index contributed by atoms with van der Waals surface area (Å²) in [6.45, 7) is 0. The van der Waals surface area contributed by atoms with E-state index >= 15 is 0 Å². The van der Waals surface area contributed by atoms with Crippen LogP contribution in [0.1, 0.15) is 43.0 Å².